The number of ether oxygens (including phenoxy) is 1. The number of likely N-dealkylation sites (tertiary alicyclic amines) is 1. The average molecular weight is 446 g/mol. The number of aliphatic hydroxyl groups is 3. The zero-order valence-corrected chi connectivity index (χ0v) is 18.1. The highest BCUT2D eigenvalue weighted by Gasteiger charge is 2.41. The van der Waals surface area contributed by atoms with E-state index in [0.29, 0.717) is 31.6 Å². The fraction of sp³-hybridized carbons (Fsp3) is 0.480. The van der Waals surface area contributed by atoms with E-state index >= 15 is 0 Å². The van der Waals surface area contributed by atoms with Gasteiger partial charge < -0.3 is 24.9 Å². The molecule has 0 unspecified atom stereocenters. The zero-order valence-electron chi connectivity index (χ0n) is 18.1. The van der Waals surface area contributed by atoms with Crippen molar-refractivity contribution in [1.82, 2.24) is 4.90 Å². The summed E-state index contributed by atoms with van der Waals surface area (Å²) in [6.07, 6.45) is 1.07. The van der Waals surface area contributed by atoms with Gasteiger partial charge in [0.1, 0.15) is 12.1 Å². The molecular weight excluding hydrogens is 413 g/mol. The van der Waals surface area contributed by atoms with Gasteiger partial charge in [-0.05, 0) is 43.0 Å². The number of aldehydes is 1. The molecule has 1 saturated heterocycles. The van der Waals surface area contributed by atoms with Crippen LogP contribution >= 0.6 is 0 Å². The van der Waals surface area contributed by atoms with Crippen LogP contribution in [0.1, 0.15) is 24.8 Å². The predicted molar refractivity (Wildman–Crippen MR) is 119 cm³/mol. The first-order valence-electron chi connectivity index (χ1n) is 11.1. The third-order valence-corrected chi connectivity index (χ3v) is 6.09. The van der Waals surface area contributed by atoms with Crippen LogP contribution in [0, 0.1) is 11.7 Å². The summed E-state index contributed by atoms with van der Waals surface area (Å²) in [7, 11) is 0. The number of hydrogen-bond donors (Lipinski definition) is 3. The number of carbonyl (C=O) groups excluding carboxylic acids is 1. The SMILES string of the molecule is O=C[C@H]1[C@H](O)[C@H](CO)N(CCCCCOCc2ccc(-c3ccccc3)c(F)c2)C[C@@H]1O. The van der Waals surface area contributed by atoms with Crippen molar-refractivity contribution in [2.24, 2.45) is 5.92 Å². The Morgan fingerprint density at radius 1 is 1.09 bits per heavy atom. The number of β-amino-alcohol motifs (C(OH)–C–C–N with tert-alkyl or cyclic N) is 1. The van der Waals surface area contributed by atoms with E-state index in [9.17, 15) is 24.5 Å². The maximum atomic E-state index is 14.4. The highest BCUT2D eigenvalue weighted by atomic mass is 19.1. The first kappa shape index (κ1) is 24.5. The quantitative estimate of drug-likeness (QED) is 0.364. The Morgan fingerprint density at radius 2 is 1.88 bits per heavy atom. The van der Waals surface area contributed by atoms with Gasteiger partial charge in [0.2, 0.25) is 0 Å². The summed E-state index contributed by atoms with van der Waals surface area (Å²) in [6.45, 7) is 1.49. The third-order valence-electron chi connectivity index (χ3n) is 6.09. The molecule has 3 rings (SSSR count). The van der Waals surface area contributed by atoms with Gasteiger partial charge >= 0.3 is 0 Å². The fourth-order valence-corrected chi connectivity index (χ4v) is 4.24. The molecule has 1 fully saturated rings. The third kappa shape index (κ3) is 6.21. The van der Waals surface area contributed by atoms with E-state index in [1.54, 1.807) is 6.07 Å². The average Bonchev–Trinajstić information content (AvgIpc) is 2.79. The Labute approximate surface area is 188 Å². The molecule has 4 atom stereocenters. The van der Waals surface area contributed by atoms with Crippen molar-refractivity contribution in [2.75, 3.05) is 26.3 Å². The molecule has 0 bridgehead atoms. The second kappa shape index (κ2) is 12.2. The number of rotatable bonds is 11. The Morgan fingerprint density at radius 3 is 2.56 bits per heavy atom. The van der Waals surface area contributed by atoms with Gasteiger partial charge in [-0.2, -0.15) is 0 Å². The maximum Gasteiger partial charge on any atom is 0.131 e. The van der Waals surface area contributed by atoms with Crippen LogP contribution in [-0.4, -0.2) is 71.1 Å². The number of aliphatic hydroxyl groups excluding tert-OH is 3. The van der Waals surface area contributed by atoms with E-state index < -0.39 is 24.2 Å². The van der Waals surface area contributed by atoms with Crippen LogP contribution in [0.5, 0.6) is 0 Å². The van der Waals surface area contributed by atoms with Gasteiger partial charge in [0.25, 0.3) is 0 Å². The van der Waals surface area contributed by atoms with Crippen molar-refractivity contribution < 1.29 is 29.2 Å². The van der Waals surface area contributed by atoms with Crippen LogP contribution in [0.25, 0.3) is 11.1 Å². The molecule has 32 heavy (non-hydrogen) atoms. The lowest BCUT2D eigenvalue weighted by Crippen LogP contribution is -2.60. The van der Waals surface area contributed by atoms with Gasteiger partial charge in [-0.15, -0.1) is 0 Å². The molecule has 1 heterocycles. The van der Waals surface area contributed by atoms with E-state index in [4.69, 9.17) is 4.74 Å². The van der Waals surface area contributed by atoms with Gasteiger partial charge in [0, 0.05) is 18.7 Å². The van der Waals surface area contributed by atoms with Crippen LogP contribution < -0.4 is 0 Å². The Hall–Kier alpha value is -2.16. The number of piperidine rings is 1. The maximum absolute atomic E-state index is 14.4. The highest BCUT2D eigenvalue weighted by molar-refractivity contribution is 5.64. The number of benzene rings is 2. The monoisotopic (exact) mass is 445 g/mol. The minimum Gasteiger partial charge on any atom is -0.395 e. The van der Waals surface area contributed by atoms with E-state index in [1.165, 1.54) is 6.07 Å². The molecule has 0 aliphatic carbocycles. The summed E-state index contributed by atoms with van der Waals surface area (Å²) in [5, 5.41) is 29.8. The summed E-state index contributed by atoms with van der Waals surface area (Å²) < 4.78 is 20.1. The van der Waals surface area contributed by atoms with Gasteiger partial charge in [-0.1, -0.05) is 42.5 Å². The number of halogens is 1. The summed E-state index contributed by atoms with van der Waals surface area (Å²) in [5.41, 5.74) is 2.20. The topological polar surface area (TPSA) is 90.2 Å². The minimum atomic E-state index is -1.07. The van der Waals surface area contributed by atoms with Crippen molar-refractivity contribution in [3.63, 3.8) is 0 Å². The molecule has 1 aliphatic rings. The Balaban J connectivity index is 1.36. The molecule has 3 N–H and O–H groups in total. The summed E-state index contributed by atoms with van der Waals surface area (Å²) in [4.78, 5) is 12.9. The number of hydrogen-bond acceptors (Lipinski definition) is 6. The van der Waals surface area contributed by atoms with Gasteiger partial charge in [-0.3, -0.25) is 4.90 Å². The molecule has 174 valence electrons. The van der Waals surface area contributed by atoms with Crippen LogP contribution in [0.4, 0.5) is 4.39 Å². The molecule has 0 saturated carbocycles. The molecular formula is C25H32FNO5. The molecule has 0 amide bonds. The first-order chi connectivity index (χ1) is 15.5. The smallest absolute Gasteiger partial charge is 0.131 e. The zero-order chi connectivity index (χ0) is 22.9. The molecule has 6 nitrogen and oxygen atoms in total. The van der Waals surface area contributed by atoms with Gasteiger partial charge in [-0.25, -0.2) is 4.39 Å². The number of carbonyl (C=O) groups is 1. The molecule has 2 aromatic carbocycles. The van der Waals surface area contributed by atoms with Crippen molar-refractivity contribution in [3.05, 3.63) is 59.9 Å². The van der Waals surface area contributed by atoms with E-state index in [1.807, 2.05) is 41.3 Å². The van der Waals surface area contributed by atoms with Crippen LogP contribution in [0.15, 0.2) is 48.5 Å². The lowest BCUT2D eigenvalue weighted by Gasteiger charge is -2.43. The van der Waals surface area contributed by atoms with E-state index in [2.05, 4.69) is 0 Å². The largest absolute Gasteiger partial charge is 0.395 e. The van der Waals surface area contributed by atoms with E-state index in [0.717, 1.165) is 30.4 Å². The summed E-state index contributed by atoms with van der Waals surface area (Å²) in [5.74, 6) is -1.12. The van der Waals surface area contributed by atoms with Crippen LogP contribution in [0.2, 0.25) is 0 Å². The van der Waals surface area contributed by atoms with Crippen molar-refractivity contribution in [3.8, 4) is 11.1 Å². The molecule has 1 aliphatic heterocycles. The number of nitrogens with zero attached hydrogens (tertiary/aromatic N) is 1. The summed E-state index contributed by atoms with van der Waals surface area (Å²) >= 11 is 0. The number of unbranched alkanes of at least 4 members (excludes halogenated alkanes) is 2. The normalized spacial score (nSPS) is 23.9. The lowest BCUT2D eigenvalue weighted by atomic mass is 9.86. The van der Waals surface area contributed by atoms with Crippen molar-refractivity contribution in [1.29, 1.82) is 0 Å². The summed E-state index contributed by atoms with van der Waals surface area (Å²) in [6, 6.07) is 14.0. The van der Waals surface area contributed by atoms with Crippen LogP contribution in [-0.2, 0) is 16.1 Å². The second-order valence-corrected chi connectivity index (χ2v) is 8.31. The molecule has 0 spiro atoms. The standard InChI is InChI=1S/C25H32FNO5/c26-22-13-18(9-10-20(22)19-7-3-1-4-8-19)17-32-12-6-2-5-11-27-14-24(30)21(15-28)25(31)23(27)16-29/h1,3-4,7-10,13,15,21,23-25,29-31H,2,5-6,11-12,14,16-17H2/t21-,23+,24+,25+/m1/s1. The molecule has 0 aromatic heterocycles. The lowest BCUT2D eigenvalue weighted by molar-refractivity contribution is -0.136. The van der Waals surface area contributed by atoms with Gasteiger partial charge in [0.15, 0.2) is 0 Å². The van der Waals surface area contributed by atoms with E-state index in [-0.39, 0.29) is 19.0 Å². The Bertz CT molecular complexity index is 849. The van der Waals surface area contributed by atoms with Crippen LogP contribution in [0.3, 0.4) is 0 Å². The molecule has 7 heteroatoms. The fourth-order valence-electron chi connectivity index (χ4n) is 4.24. The highest BCUT2D eigenvalue weighted by Crippen LogP contribution is 2.24. The predicted octanol–water partition coefficient (Wildman–Crippen LogP) is 2.39. The molecule has 2 aromatic rings. The molecule has 0 radical (unpaired) electrons. The van der Waals surface area contributed by atoms with Gasteiger partial charge in [0.05, 0.1) is 37.4 Å². The minimum absolute atomic E-state index is 0.257. The Kier molecular flexibility index (Phi) is 9.32. The first-order valence-corrected chi connectivity index (χ1v) is 11.1. The van der Waals surface area contributed by atoms with Crippen molar-refractivity contribution in [2.45, 2.75) is 44.1 Å². The second-order valence-electron chi connectivity index (χ2n) is 8.31. The van der Waals surface area contributed by atoms with Crippen molar-refractivity contribution >= 4 is 6.29 Å².